The van der Waals surface area contributed by atoms with Crippen LogP contribution in [-0.4, -0.2) is 142 Å². The molecule has 4 fully saturated rings. The van der Waals surface area contributed by atoms with Gasteiger partial charge in [-0.1, -0.05) is 65.5 Å². The molecule has 0 bridgehead atoms. The summed E-state index contributed by atoms with van der Waals surface area (Å²) in [6.45, 7) is 18.6. The van der Waals surface area contributed by atoms with Crippen molar-refractivity contribution in [3.63, 3.8) is 0 Å². The Morgan fingerprint density at radius 3 is 1.93 bits per heavy atom. The third-order valence-electron chi connectivity index (χ3n) is 15.3. The summed E-state index contributed by atoms with van der Waals surface area (Å²) >= 11 is 1.26. The molecule has 344 valence electrons. The third kappa shape index (κ3) is 13.8. The van der Waals surface area contributed by atoms with Crippen molar-refractivity contribution in [2.45, 2.75) is 142 Å². The highest BCUT2D eigenvalue weighted by Crippen LogP contribution is 2.67. The highest BCUT2D eigenvalue weighted by Gasteiger charge is 2.59. The van der Waals surface area contributed by atoms with E-state index in [0.717, 1.165) is 54.5 Å². The number of thioether (sulfide) groups is 1. The molecule has 3 saturated carbocycles. The first-order valence-electron chi connectivity index (χ1n) is 23.6. The molecule has 0 amide bonds. The molecule has 0 unspecified atom stereocenters. The summed E-state index contributed by atoms with van der Waals surface area (Å²) in [4.78, 5) is 0. The quantitative estimate of drug-likeness (QED) is 0.0493. The van der Waals surface area contributed by atoms with Crippen LogP contribution < -0.4 is 0 Å². The monoisotopic (exact) mass is 857 g/mol. The second-order valence-corrected chi connectivity index (χ2v) is 20.6. The highest BCUT2D eigenvalue weighted by atomic mass is 32.2. The zero-order chi connectivity index (χ0) is 42.3. The molecule has 11 nitrogen and oxygen atoms in total. The number of aliphatic hydroxyl groups excluding tert-OH is 4. The van der Waals surface area contributed by atoms with Gasteiger partial charge in [0.15, 0.2) is 0 Å². The molecule has 0 aromatic rings. The molecule has 1 heterocycles. The molecule has 5 rings (SSSR count). The number of aliphatic hydroxyl groups is 4. The minimum absolute atomic E-state index is 0.409. The van der Waals surface area contributed by atoms with Gasteiger partial charge >= 0.3 is 0 Å². The molecule has 4 aliphatic carbocycles. The summed E-state index contributed by atoms with van der Waals surface area (Å²) in [6.07, 6.45) is 14.5. The maximum atomic E-state index is 10.1. The highest BCUT2D eigenvalue weighted by molar-refractivity contribution is 7.99. The fourth-order valence-corrected chi connectivity index (χ4v) is 12.9. The van der Waals surface area contributed by atoms with Crippen molar-refractivity contribution < 1.29 is 53.6 Å². The largest absolute Gasteiger partial charge is 0.394 e. The van der Waals surface area contributed by atoms with E-state index >= 15 is 0 Å². The smallest absolute Gasteiger partial charge is 0.132 e. The summed E-state index contributed by atoms with van der Waals surface area (Å²) in [5.41, 5.74) is 2.04. The maximum Gasteiger partial charge on any atom is 0.132 e. The molecule has 5 aliphatic rings. The van der Waals surface area contributed by atoms with Crippen LogP contribution in [0.5, 0.6) is 0 Å². The summed E-state index contributed by atoms with van der Waals surface area (Å²) < 4.78 is 39.4. The van der Waals surface area contributed by atoms with Crippen molar-refractivity contribution in [1.29, 1.82) is 0 Å². The number of hydrogen-bond acceptors (Lipinski definition) is 12. The first-order valence-corrected chi connectivity index (χ1v) is 24.6. The molecule has 0 aromatic heterocycles. The molecule has 0 spiro atoms. The molecule has 0 radical (unpaired) electrons. The summed E-state index contributed by atoms with van der Waals surface area (Å²) in [7, 11) is 0. The van der Waals surface area contributed by atoms with Gasteiger partial charge in [-0.25, -0.2) is 0 Å². The van der Waals surface area contributed by atoms with Gasteiger partial charge in [-0.3, -0.25) is 0 Å². The topological polar surface area (TPSA) is 146 Å². The predicted octanol–water partition coefficient (Wildman–Crippen LogP) is 6.67. The van der Waals surface area contributed by atoms with E-state index in [1.165, 1.54) is 82.4 Å². The molecule has 1 saturated heterocycles. The Morgan fingerprint density at radius 2 is 1.32 bits per heavy atom. The Bertz CT molecular complexity index is 1210. The number of rotatable bonds is 28. The molecule has 0 aromatic carbocycles. The van der Waals surface area contributed by atoms with Crippen molar-refractivity contribution >= 4 is 11.8 Å². The van der Waals surface area contributed by atoms with Crippen LogP contribution in [0.1, 0.15) is 112 Å². The Kier molecular flexibility index (Phi) is 21.2. The lowest BCUT2D eigenvalue weighted by molar-refractivity contribution is -0.205. The van der Waals surface area contributed by atoms with E-state index in [9.17, 15) is 20.4 Å². The fourth-order valence-electron chi connectivity index (χ4n) is 11.9. The van der Waals surface area contributed by atoms with Gasteiger partial charge in [-0.15, -0.1) is 11.8 Å². The van der Waals surface area contributed by atoms with E-state index in [0.29, 0.717) is 89.3 Å². The molecular weight excluding hydrogens is 773 g/mol. The number of fused-ring (bicyclic) bond motifs is 5. The summed E-state index contributed by atoms with van der Waals surface area (Å²) in [5, 5.41) is 39.1. The number of hydrogen-bond donors (Lipinski definition) is 4. The Morgan fingerprint density at radius 1 is 0.712 bits per heavy atom. The van der Waals surface area contributed by atoms with Crippen molar-refractivity contribution in [3.8, 4) is 0 Å². The Balaban J connectivity index is 0.809. The minimum Gasteiger partial charge on any atom is -0.394 e. The molecule has 4 N–H and O–H groups in total. The molecule has 12 heteroatoms. The van der Waals surface area contributed by atoms with Gasteiger partial charge in [0.2, 0.25) is 0 Å². The predicted molar refractivity (Wildman–Crippen MR) is 232 cm³/mol. The van der Waals surface area contributed by atoms with E-state index in [2.05, 4.69) is 40.7 Å². The van der Waals surface area contributed by atoms with E-state index < -0.39 is 36.5 Å². The SMILES string of the molecule is CC(C)CCC[C@@H](C)[C@H]1CC[C@H]2[C@@H]3CC=C4C[C@H](CCOCCOCCOCCOCCOCCOCCS[C@@H]5O[C@H](CO)[C@H](O)[C@H](O)[C@H]5O)CC[C@]4(C)[C@H]3CC[C@]12C. The average Bonchev–Trinajstić information content (AvgIpc) is 3.58. The normalized spacial score (nSPS) is 36.3. The average molecular weight is 857 g/mol. The Hall–Kier alpha value is -0.350. The number of allylic oxidation sites excluding steroid dienone is 2. The second-order valence-electron chi connectivity index (χ2n) is 19.4. The lowest BCUT2D eigenvalue weighted by atomic mass is 9.46. The Labute approximate surface area is 361 Å². The number of ether oxygens (including phenoxy) is 7. The minimum atomic E-state index is -1.36. The first kappa shape index (κ1) is 49.7. The zero-order valence-electron chi connectivity index (χ0n) is 37.4. The van der Waals surface area contributed by atoms with Gasteiger partial charge in [0, 0.05) is 12.4 Å². The van der Waals surface area contributed by atoms with Gasteiger partial charge in [0.1, 0.15) is 29.9 Å². The van der Waals surface area contributed by atoms with E-state index in [1.807, 2.05) is 0 Å². The molecule has 13 atom stereocenters. The van der Waals surface area contributed by atoms with Crippen LogP contribution in [0, 0.1) is 52.3 Å². The molecule has 59 heavy (non-hydrogen) atoms. The van der Waals surface area contributed by atoms with Crippen LogP contribution in [0.2, 0.25) is 0 Å². The summed E-state index contributed by atoms with van der Waals surface area (Å²) in [6, 6.07) is 0. The maximum absolute atomic E-state index is 10.1. The van der Waals surface area contributed by atoms with Crippen molar-refractivity contribution in [2.75, 3.05) is 91.6 Å². The van der Waals surface area contributed by atoms with Gasteiger partial charge in [0.25, 0.3) is 0 Å². The van der Waals surface area contributed by atoms with Crippen LogP contribution in [0.4, 0.5) is 0 Å². The second kappa shape index (κ2) is 25.2. The van der Waals surface area contributed by atoms with Crippen LogP contribution in [0.3, 0.4) is 0 Å². The van der Waals surface area contributed by atoms with Gasteiger partial charge in [-0.2, -0.15) is 0 Å². The van der Waals surface area contributed by atoms with E-state index in [4.69, 9.17) is 33.2 Å². The van der Waals surface area contributed by atoms with E-state index in [-0.39, 0.29) is 0 Å². The molecule has 1 aliphatic heterocycles. The first-order chi connectivity index (χ1) is 28.5. The molecular formula is C47H84O11S. The zero-order valence-corrected chi connectivity index (χ0v) is 38.3. The van der Waals surface area contributed by atoms with E-state index in [1.54, 1.807) is 5.57 Å². The lowest BCUT2D eigenvalue weighted by Crippen LogP contribution is -2.57. The van der Waals surface area contributed by atoms with Crippen LogP contribution in [0.15, 0.2) is 11.6 Å². The van der Waals surface area contributed by atoms with Gasteiger partial charge in [0.05, 0.1) is 79.3 Å². The van der Waals surface area contributed by atoms with Crippen molar-refractivity contribution in [3.05, 3.63) is 11.6 Å². The van der Waals surface area contributed by atoms with Gasteiger partial charge < -0.3 is 53.6 Å². The van der Waals surface area contributed by atoms with Crippen LogP contribution >= 0.6 is 11.8 Å². The lowest BCUT2D eigenvalue weighted by Gasteiger charge is -2.58. The van der Waals surface area contributed by atoms with Crippen LogP contribution in [0.25, 0.3) is 0 Å². The fraction of sp³-hybridized carbons (Fsp3) is 0.957. The summed E-state index contributed by atoms with van der Waals surface area (Å²) in [5.74, 6) is 6.63. The van der Waals surface area contributed by atoms with Gasteiger partial charge in [-0.05, 0) is 110 Å². The standard InChI is InChI=1S/C47H84O11S/c1-33(2)7-6-8-34(3)38-11-12-39-37-10-9-36-31-35(13-16-46(36,4)40(37)14-17-47(38,39)5)15-18-52-19-20-53-21-22-54-23-24-55-25-26-56-27-28-57-29-30-59-45-44(51)43(50)42(49)41(32-48)58-45/h9,33-35,37-45,48-51H,6-8,10-32H2,1-5H3/t34-,35+,37+,38-,39+,40+,41-,42+,43+,44-,45+,46+,47-/m1/s1. The van der Waals surface area contributed by atoms with Crippen molar-refractivity contribution in [2.24, 2.45) is 52.3 Å². The van der Waals surface area contributed by atoms with Crippen LogP contribution in [-0.2, 0) is 33.2 Å². The third-order valence-corrected chi connectivity index (χ3v) is 16.4. The van der Waals surface area contributed by atoms with Crippen molar-refractivity contribution in [1.82, 2.24) is 0 Å².